The van der Waals surface area contributed by atoms with Gasteiger partial charge in [-0.15, -0.1) is 0 Å². The smallest absolute Gasteiger partial charge is 0.243 e. The van der Waals surface area contributed by atoms with Crippen molar-refractivity contribution in [2.45, 2.75) is 24.0 Å². The molecule has 124 valence electrons. The second kappa shape index (κ2) is 6.26. The van der Waals surface area contributed by atoms with Crippen LogP contribution in [0, 0.1) is 0 Å². The van der Waals surface area contributed by atoms with E-state index in [1.807, 2.05) is 0 Å². The first-order valence-electron chi connectivity index (χ1n) is 7.28. The third kappa shape index (κ3) is 3.36. The van der Waals surface area contributed by atoms with E-state index >= 15 is 0 Å². The van der Waals surface area contributed by atoms with Gasteiger partial charge >= 0.3 is 0 Å². The number of nitrogens with zero attached hydrogens (tertiary/aromatic N) is 4. The molecule has 1 fully saturated rings. The van der Waals surface area contributed by atoms with Crippen LogP contribution in [0.5, 0.6) is 5.75 Å². The average molecular weight is 337 g/mol. The standard InChI is InChI=1S/C14H19N5O3S/c1-18-14(16-10-17-18)9-22-12-2-4-13(5-3-12)23(20,21)19-7-6-11(15)8-19/h2-5,10-11H,6-9,15H2,1H3/t11-/m0/s1. The molecule has 23 heavy (non-hydrogen) atoms. The van der Waals surface area contributed by atoms with Gasteiger partial charge in [-0.25, -0.2) is 13.4 Å². The SMILES string of the molecule is Cn1ncnc1COc1ccc(S(=O)(=O)N2CC[C@H](N)C2)cc1. The molecule has 1 aromatic heterocycles. The van der Waals surface area contributed by atoms with E-state index in [1.54, 1.807) is 36.0 Å². The number of sulfonamides is 1. The highest BCUT2D eigenvalue weighted by molar-refractivity contribution is 7.89. The topological polar surface area (TPSA) is 103 Å². The molecule has 2 heterocycles. The van der Waals surface area contributed by atoms with Gasteiger partial charge in [-0.3, -0.25) is 4.68 Å². The minimum absolute atomic E-state index is 0.0845. The summed E-state index contributed by atoms with van der Waals surface area (Å²) in [5, 5.41) is 3.96. The van der Waals surface area contributed by atoms with Gasteiger partial charge in [-0.05, 0) is 30.7 Å². The largest absolute Gasteiger partial charge is 0.486 e. The molecule has 0 bridgehead atoms. The highest BCUT2D eigenvalue weighted by Gasteiger charge is 2.30. The number of ether oxygens (including phenoxy) is 1. The zero-order chi connectivity index (χ0) is 16.4. The first-order chi connectivity index (χ1) is 11.0. The highest BCUT2D eigenvalue weighted by atomic mass is 32.2. The molecular weight excluding hydrogens is 318 g/mol. The molecule has 1 aliphatic rings. The van der Waals surface area contributed by atoms with Gasteiger partial charge in [0.1, 0.15) is 18.7 Å². The van der Waals surface area contributed by atoms with Crippen molar-refractivity contribution < 1.29 is 13.2 Å². The molecule has 1 saturated heterocycles. The second-order valence-electron chi connectivity index (χ2n) is 5.47. The Labute approximate surface area is 134 Å². The molecule has 0 saturated carbocycles. The second-order valence-corrected chi connectivity index (χ2v) is 7.41. The van der Waals surface area contributed by atoms with Crippen LogP contribution in [0.2, 0.25) is 0 Å². The summed E-state index contributed by atoms with van der Waals surface area (Å²) in [6.07, 6.45) is 2.15. The Morgan fingerprint density at radius 2 is 2.09 bits per heavy atom. The fourth-order valence-corrected chi connectivity index (χ4v) is 3.94. The highest BCUT2D eigenvalue weighted by Crippen LogP contribution is 2.23. The summed E-state index contributed by atoms with van der Waals surface area (Å²) >= 11 is 0. The van der Waals surface area contributed by atoms with Gasteiger partial charge in [0.2, 0.25) is 10.0 Å². The third-order valence-electron chi connectivity index (χ3n) is 3.82. The fourth-order valence-electron chi connectivity index (χ4n) is 2.43. The summed E-state index contributed by atoms with van der Waals surface area (Å²) in [5.74, 6) is 1.26. The van der Waals surface area contributed by atoms with Crippen LogP contribution >= 0.6 is 0 Å². The molecule has 0 aliphatic carbocycles. The van der Waals surface area contributed by atoms with Crippen LogP contribution in [-0.2, 0) is 23.7 Å². The van der Waals surface area contributed by atoms with E-state index in [2.05, 4.69) is 10.1 Å². The number of nitrogens with two attached hydrogens (primary N) is 1. The Hall–Kier alpha value is -1.97. The van der Waals surface area contributed by atoms with Crippen LogP contribution in [0.1, 0.15) is 12.2 Å². The summed E-state index contributed by atoms with van der Waals surface area (Å²) < 4.78 is 33.6. The van der Waals surface area contributed by atoms with Gasteiger partial charge in [-0.1, -0.05) is 0 Å². The lowest BCUT2D eigenvalue weighted by Gasteiger charge is -2.16. The van der Waals surface area contributed by atoms with Gasteiger partial charge in [0, 0.05) is 26.2 Å². The molecule has 9 heteroatoms. The number of hydrogen-bond donors (Lipinski definition) is 1. The Morgan fingerprint density at radius 1 is 1.35 bits per heavy atom. The quantitative estimate of drug-likeness (QED) is 0.831. The normalized spacial score (nSPS) is 19.1. The predicted molar refractivity (Wildman–Crippen MR) is 83.1 cm³/mol. The van der Waals surface area contributed by atoms with Crippen LogP contribution < -0.4 is 10.5 Å². The molecule has 0 radical (unpaired) electrons. The maximum Gasteiger partial charge on any atom is 0.243 e. The van der Waals surface area contributed by atoms with Crippen LogP contribution in [0.15, 0.2) is 35.5 Å². The summed E-state index contributed by atoms with van der Waals surface area (Å²) in [7, 11) is -1.70. The first-order valence-corrected chi connectivity index (χ1v) is 8.72. The summed E-state index contributed by atoms with van der Waals surface area (Å²) in [5.41, 5.74) is 5.78. The molecule has 0 amide bonds. The van der Waals surface area contributed by atoms with Gasteiger partial charge in [0.25, 0.3) is 0 Å². The molecule has 2 N–H and O–H groups in total. The monoisotopic (exact) mass is 337 g/mol. The van der Waals surface area contributed by atoms with Crippen molar-refractivity contribution in [3.8, 4) is 5.75 Å². The molecule has 0 spiro atoms. The Morgan fingerprint density at radius 3 is 2.65 bits per heavy atom. The minimum atomic E-state index is -3.48. The minimum Gasteiger partial charge on any atom is -0.486 e. The van der Waals surface area contributed by atoms with Crippen LogP contribution in [0.25, 0.3) is 0 Å². The Kier molecular flexibility index (Phi) is 4.33. The first kappa shape index (κ1) is 15.9. The Bertz CT molecular complexity index is 772. The zero-order valence-electron chi connectivity index (χ0n) is 12.8. The van der Waals surface area contributed by atoms with Crippen molar-refractivity contribution in [2.24, 2.45) is 12.8 Å². The predicted octanol–water partition coefficient (Wildman–Crippen LogP) is 0.116. The molecular formula is C14H19N5O3S. The third-order valence-corrected chi connectivity index (χ3v) is 5.70. The van der Waals surface area contributed by atoms with Crippen LogP contribution in [-0.4, -0.2) is 46.6 Å². The number of hydrogen-bond acceptors (Lipinski definition) is 6. The fraction of sp³-hybridized carbons (Fsp3) is 0.429. The molecule has 2 aromatic rings. The van der Waals surface area contributed by atoms with E-state index in [0.29, 0.717) is 31.1 Å². The lowest BCUT2D eigenvalue weighted by molar-refractivity contribution is 0.289. The maximum absolute atomic E-state index is 12.5. The number of benzene rings is 1. The van der Waals surface area contributed by atoms with Crippen molar-refractivity contribution >= 4 is 10.0 Å². The Balaban J connectivity index is 1.68. The van der Waals surface area contributed by atoms with E-state index in [0.717, 1.165) is 0 Å². The van der Waals surface area contributed by atoms with E-state index < -0.39 is 10.0 Å². The average Bonchev–Trinajstić information content (AvgIpc) is 3.14. The van der Waals surface area contributed by atoms with Gasteiger partial charge < -0.3 is 10.5 Å². The zero-order valence-corrected chi connectivity index (χ0v) is 13.6. The lowest BCUT2D eigenvalue weighted by atomic mass is 10.3. The van der Waals surface area contributed by atoms with Crippen molar-refractivity contribution in [3.05, 3.63) is 36.4 Å². The number of aromatic nitrogens is 3. The van der Waals surface area contributed by atoms with Crippen molar-refractivity contribution in [1.29, 1.82) is 0 Å². The van der Waals surface area contributed by atoms with E-state index in [4.69, 9.17) is 10.5 Å². The van der Waals surface area contributed by atoms with Gasteiger partial charge in [0.05, 0.1) is 4.90 Å². The van der Waals surface area contributed by atoms with Gasteiger partial charge in [-0.2, -0.15) is 9.40 Å². The summed E-state index contributed by atoms with van der Waals surface area (Å²) in [6, 6.07) is 6.29. The summed E-state index contributed by atoms with van der Waals surface area (Å²) in [6.45, 7) is 1.10. The maximum atomic E-state index is 12.5. The molecule has 1 aromatic carbocycles. The molecule has 1 aliphatic heterocycles. The van der Waals surface area contributed by atoms with Gasteiger partial charge in [0.15, 0.2) is 5.82 Å². The molecule has 3 rings (SSSR count). The molecule has 1 atom stereocenters. The summed E-state index contributed by atoms with van der Waals surface area (Å²) in [4.78, 5) is 4.31. The van der Waals surface area contributed by atoms with E-state index in [9.17, 15) is 8.42 Å². The number of rotatable bonds is 5. The lowest BCUT2D eigenvalue weighted by Crippen LogP contribution is -2.31. The van der Waals surface area contributed by atoms with Crippen LogP contribution in [0.3, 0.4) is 0 Å². The molecule has 8 nitrogen and oxygen atoms in total. The molecule has 0 unspecified atom stereocenters. The van der Waals surface area contributed by atoms with Crippen molar-refractivity contribution in [2.75, 3.05) is 13.1 Å². The van der Waals surface area contributed by atoms with Crippen molar-refractivity contribution in [1.82, 2.24) is 19.1 Å². The van der Waals surface area contributed by atoms with E-state index in [-0.39, 0.29) is 17.5 Å². The number of aryl methyl sites for hydroxylation is 1. The van der Waals surface area contributed by atoms with Crippen LogP contribution in [0.4, 0.5) is 0 Å². The van der Waals surface area contributed by atoms with Crippen molar-refractivity contribution in [3.63, 3.8) is 0 Å². The van der Waals surface area contributed by atoms with E-state index in [1.165, 1.54) is 10.6 Å².